The molecule has 1 aliphatic rings. The van der Waals surface area contributed by atoms with Crippen molar-refractivity contribution >= 4 is 27.5 Å². The van der Waals surface area contributed by atoms with Gasteiger partial charge in [-0.15, -0.1) is 0 Å². The van der Waals surface area contributed by atoms with Crippen LogP contribution in [-0.4, -0.2) is 80.6 Å². The summed E-state index contributed by atoms with van der Waals surface area (Å²) in [7, 11) is -2.98. The molecule has 0 saturated carbocycles. The number of nitrogens with one attached hydrogen (secondary N) is 1. The standard InChI is InChI=1S/C19H29N3O5S/c1-19(2,3)27-18(24)20-16-7-5-15(6-8-16)17(23)22-11-9-21(10-12-22)13-14-28(4,25)26/h5-8H,9-14H2,1-4H3,(H,20,24). The Morgan fingerprint density at radius 1 is 1.07 bits per heavy atom. The SMILES string of the molecule is CC(C)(C)OC(=O)Nc1ccc(C(=O)N2CCN(CCS(C)(=O)=O)CC2)cc1. The normalized spacial score (nSPS) is 15.9. The van der Waals surface area contributed by atoms with Crippen molar-refractivity contribution in [3.05, 3.63) is 29.8 Å². The summed E-state index contributed by atoms with van der Waals surface area (Å²) >= 11 is 0. The van der Waals surface area contributed by atoms with Gasteiger partial charge >= 0.3 is 6.09 Å². The summed E-state index contributed by atoms with van der Waals surface area (Å²) in [5.41, 5.74) is 0.513. The van der Waals surface area contributed by atoms with E-state index in [1.54, 1.807) is 49.9 Å². The van der Waals surface area contributed by atoms with Crippen molar-refractivity contribution in [3.63, 3.8) is 0 Å². The van der Waals surface area contributed by atoms with Crippen LogP contribution in [0.1, 0.15) is 31.1 Å². The van der Waals surface area contributed by atoms with Gasteiger partial charge in [-0.3, -0.25) is 15.0 Å². The molecule has 1 N–H and O–H groups in total. The number of hydrogen-bond acceptors (Lipinski definition) is 6. The largest absolute Gasteiger partial charge is 0.444 e. The highest BCUT2D eigenvalue weighted by Crippen LogP contribution is 2.15. The minimum Gasteiger partial charge on any atom is -0.444 e. The van der Waals surface area contributed by atoms with Crippen LogP contribution in [0.4, 0.5) is 10.5 Å². The van der Waals surface area contributed by atoms with Crippen LogP contribution in [0.15, 0.2) is 24.3 Å². The Kier molecular flexibility index (Phi) is 7.06. The average molecular weight is 412 g/mol. The molecule has 0 aliphatic carbocycles. The minimum atomic E-state index is -2.98. The fourth-order valence-corrected chi connectivity index (χ4v) is 3.36. The molecular formula is C19H29N3O5S. The summed E-state index contributed by atoms with van der Waals surface area (Å²) in [4.78, 5) is 28.2. The maximum absolute atomic E-state index is 12.6. The number of piperazine rings is 1. The molecule has 156 valence electrons. The Morgan fingerprint density at radius 2 is 1.64 bits per heavy atom. The van der Waals surface area contributed by atoms with Crippen LogP contribution in [-0.2, 0) is 14.6 Å². The molecule has 28 heavy (non-hydrogen) atoms. The van der Waals surface area contributed by atoms with Crippen LogP contribution >= 0.6 is 0 Å². The maximum Gasteiger partial charge on any atom is 0.412 e. The van der Waals surface area contributed by atoms with Crippen molar-refractivity contribution in [2.24, 2.45) is 0 Å². The fourth-order valence-electron chi connectivity index (χ4n) is 2.77. The summed E-state index contributed by atoms with van der Waals surface area (Å²) in [6.45, 7) is 8.27. The number of benzene rings is 1. The van der Waals surface area contributed by atoms with Crippen molar-refractivity contribution in [2.75, 3.05) is 50.0 Å². The molecule has 8 nitrogen and oxygen atoms in total. The van der Waals surface area contributed by atoms with Crippen molar-refractivity contribution in [1.29, 1.82) is 0 Å². The molecule has 2 rings (SSSR count). The van der Waals surface area contributed by atoms with E-state index >= 15 is 0 Å². The van der Waals surface area contributed by atoms with Crippen LogP contribution < -0.4 is 5.32 Å². The summed E-state index contributed by atoms with van der Waals surface area (Å²) in [6, 6.07) is 6.68. The highest BCUT2D eigenvalue weighted by Gasteiger charge is 2.23. The topological polar surface area (TPSA) is 96.0 Å². The van der Waals surface area contributed by atoms with Crippen LogP contribution in [0.5, 0.6) is 0 Å². The average Bonchev–Trinajstić information content (AvgIpc) is 2.58. The molecule has 0 radical (unpaired) electrons. The number of ether oxygens (including phenoxy) is 1. The predicted octanol–water partition coefficient (Wildman–Crippen LogP) is 1.84. The number of hydrogen-bond donors (Lipinski definition) is 1. The van der Waals surface area contributed by atoms with E-state index in [0.29, 0.717) is 44.0 Å². The van der Waals surface area contributed by atoms with Crippen molar-refractivity contribution < 1.29 is 22.7 Å². The van der Waals surface area contributed by atoms with Crippen LogP contribution in [0.2, 0.25) is 0 Å². The molecule has 0 bridgehead atoms. The Bertz CT molecular complexity index is 792. The van der Waals surface area contributed by atoms with E-state index in [-0.39, 0.29) is 11.7 Å². The highest BCUT2D eigenvalue weighted by atomic mass is 32.2. The Balaban J connectivity index is 1.85. The third-order valence-electron chi connectivity index (χ3n) is 4.21. The number of anilines is 1. The van der Waals surface area contributed by atoms with Crippen molar-refractivity contribution in [2.45, 2.75) is 26.4 Å². The van der Waals surface area contributed by atoms with Gasteiger partial charge in [0.05, 0.1) is 5.75 Å². The monoisotopic (exact) mass is 411 g/mol. The van der Waals surface area contributed by atoms with Gasteiger partial charge in [0.25, 0.3) is 5.91 Å². The first-order valence-electron chi connectivity index (χ1n) is 9.22. The third-order valence-corrected chi connectivity index (χ3v) is 5.14. The molecule has 0 aromatic heterocycles. The van der Waals surface area contributed by atoms with Gasteiger partial charge in [-0.2, -0.15) is 0 Å². The lowest BCUT2D eigenvalue weighted by atomic mass is 10.1. The molecule has 0 atom stereocenters. The minimum absolute atomic E-state index is 0.0772. The van der Waals surface area contributed by atoms with Crippen LogP contribution in [0.25, 0.3) is 0 Å². The molecule has 1 aromatic rings. The van der Waals surface area contributed by atoms with Gasteiger partial charge in [0.1, 0.15) is 15.4 Å². The number of carbonyl (C=O) groups is 2. The molecule has 1 aromatic carbocycles. The number of rotatable bonds is 5. The maximum atomic E-state index is 12.6. The zero-order chi connectivity index (χ0) is 20.9. The lowest BCUT2D eigenvalue weighted by Gasteiger charge is -2.34. The molecule has 1 heterocycles. The van der Waals surface area contributed by atoms with Crippen LogP contribution in [0.3, 0.4) is 0 Å². The van der Waals surface area contributed by atoms with E-state index in [2.05, 4.69) is 10.2 Å². The molecule has 1 fully saturated rings. The molecule has 0 spiro atoms. The van der Waals surface area contributed by atoms with E-state index in [4.69, 9.17) is 4.74 Å². The third kappa shape index (κ3) is 7.47. The van der Waals surface area contributed by atoms with Gasteiger partial charge in [0.2, 0.25) is 0 Å². The van der Waals surface area contributed by atoms with E-state index in [1.165, 1.54) is 6.26 Å². The second-order valence-corrected chi connectivity index (χ2v) is 10.2. The molecule has 9 heteroatoms. The number of amides is 2. The number of sulfone groups is 1. The Labute approximate surface area is 166 Å². The van der Waals surface area contributed by atoms with Gasteiger partial charge < -0.3 is 9.64 Å². The Hall–Kier alpha value is -2.13. The van der Waals surface area contributed by atoms with Gasteiger partial charge in [-0.25, -0.2) is 13.2 Å². The second-order valence-electron chi connectivity index (χ2n) is 7.97. The van der Waals surface area contributed by atoms with E-state index in [0.717, 1.165) is 0 Å². The van der Waals surface area contributed by atoms with E-state index < -0.39 is 21.5 Å². The highest BCUT2D eigenvalue weighted by molar-refractivity contribution is 7.90. The van der Waals surface area contributed by atoms with Crippen molar-refractivity contribution in [1.82, 2.24) is 9.80 Å². The van der Waals surface area contributed by atoms with Gasteiger partial charge in [-0.1, -0.05) is 0 Å². The molecule has 1 saturated heterocycles. The van der Waals surface area contributed by atoms with Crippen LogP contribution in [0, 0.1) is 0 Å². The van der Waals surface area contributed by atoms with E-state index in [9.17, 15) is 18.0 Å². The smallest absolute Gasteiger partial charge is 0.412 e. The molecular weight excluding hydrogens is 382 g/mol. The first-order valence-corrected chi connectivity index (χ1v) is 11.3. The second kappa shape index (κ2) is 8.91. The lowest BCUT2D eigenvalue weighted by Crippen LogP contribution is -2.49. The zero-order valence-electron chi connectivity index (χ0n) is 16.9. The van der Waals surface area contributed by atoms with Gasteiger partial charge in [0.15, 0.2) is 0 Å². The fraction of sp³-hybridized carbons (Fsp3) is 0.579. The molecule has 1 aliphatic heterocycles. The summed E-state index contributed by atoms with van der Waals surface area (Å²) in [5.74, 6) is 0.0548. The van der Waals surface area contributed by atoms with E-state index in [1.807, 2.05) is 0 Å². The van der Waals surface area contributed by atoms with Gasteiger partial charge in [-0.05, 0) is 45.0 Å². The first-order chi connectivity index (χ1) is 12.9. The van der Waals surface area contributed by atoms with Gasteiger partial charge in [0, 0.05) is 50.2 Å². The molecule has 2 amide bonds. The summed E-state index contributed by atoms with van der Waals surface area (Å²) in [6.07, 6.45) is 0.686. The number of carbonyl (C=O) groups excluding carboxylic acids is 2. The quantitative estimate of drug-likeness (QED) is 0.794. The summed E-state index contributed by atoms with van der Waals surface area (Å²) < 4.78 is 27.7. The lowest BCUT2D eigenvalue weighted by molar-refractivity contribution is 0.0632. The number of nitrogens with zero attached hydrogens (tertiary/aromatic N) is 2. The van der Waals surface area contributed by atoms with Crippen molar-refractivity contribution in [3.8, 4) is 0 Å². The zero-order valence-corrected chi connectivity index (χ0v) is 17.7. The summed E-state index contributed by atoms with van der Waals surface area (Å²) in [5, 5.41) is 2.63. The Morgan fingerprint density at radius 3 is 2.14 bits per heavy atom. The predicted molar refractivity (Wildman–Crippen MR) is 108 cm³/mol. The first kappa shape index (κ1) is 22.2. The molecule has 0 unspecified atom stereocenters.